The minimum absolute atomic E-state index is 0.289. The largest absolute Gasteiger partial charge is 0.306 e. The molecule has 1 atom stereocenters. The zero-order valence-corrected chi connectivity index (χ0v) is 12.1. The number of aryl methyl sites for hydroxylation is 1. The summed E-state index contributed by atoms with van der Waals surface area (Å²) in [5.41, 5.74) is 2.12. The first-order chi connectivity index (χ1) is 9.54. The van der Waals surface area contributed by atoms with Crippen LogP contribution in [0.1, 0.15) is 29.7 Å². The van der Waals surface area contributed by atoms with Crippen molar-refractivity contribution in [1.29, 1.82) is 0 Å². The maximum atomic E-state index is 14.0. The van der Waals surface area contributed by atoms with Crippen molar-refractivity contribution in [1.82, 2.24) is 5.32 Å². The van der Waals surface area contributed by atoms with E-state index in [0.29, 0.717) is 11.6 Å². The molecule has 0 bridgehead atoms. The van der Waals surface area contributed by atoms with Crippen molar-refractivity contribution >= 4 is 11.6 Å². The first kappa shape index (κ1) is 14.9. The number of hydrogen-bond acceptors (Lipinski definition) is 1. The molecule has 2 rings (SSSR count). The monoisotopic (exact) mass is 295 g/mol. The number of nitrogens with one attached hydrogen (secondary N) is 1. The van der Waals surface area contributed by atoms with Crippen LogP contribution >= 0.6 is 11.6 Å². The van der Waals surface area contributed by atoms with Crippen LogP contribution in [0, 0.1) is 18.6 Å². The SMILES string of the molecule is CCNC(c1cc(Cl)ccc1C)c1cccc(F)c1F. The summed E-state index contributed by atoms with van der Waals surface area (Å²) < 4.78 is 27.5. The molecule has 0 saturated carbocycles. The molecule has 4 heteroatoms. The highest BCUT2D eigenvalue weighted by Crippen LogP contribution is 2.29. The van der Waals surface area contributed by atoms with E-state index in [1.807, 2.05) is 19.9 Å². The van der Waals surface area contributed by atoms with E-state index in [2.05, 4.69) is 5.32 Å². The van der Waals surface area contributed by atoms with Gasteiger partial charge < -0.3 is 5.32 Å². The Morgan fingerprint density at radius 1 is 1.15 bits per heavy atom. The summed E-state index contributed by atoms with van der Waals surface area (Å²) in [7, 11) is 0. The molecule has 0 radical (unpaired) electrons. The van der Waals surface area contributed by atoms with Gasteiger partial charge in [0.25, 0.3) is 0 Å². The Hall–Kier alpha value is -1.45. The lowest BCUT2D eigenvalue weighted by molar-refractivity contribution is 0.482. The molecular weight excluding hydrogens is 280 g/mol. The van der Waals surface area contributed by atoms with Crippen LogP contribution in [0.2, 0.25) is 5.02 Å². The fourth-order valence-electron chi connectivity index (χ4n) is 2.26. The molecule has 2 aromatic carbocycles. The third kappa shape index (κ3) is 3.00. The van der Waals surface area contributed by atoms with Crippen molar-refractivity contribution in [3.8, 4) is 0 Å². The molecule has 0 aliphatic rings. The molecule has 0 heterocycles. The molecule has 0 aromatic heterocycles. The van der Waals surface area contributed by atoms with Gasteiger partial charge in [0, 0.05) is 10.6 Å². The highest BCUT2D eigenvalue weighted by Gasteiger charge is 2.20. The van der Waals surface area contributed by atoms with Crippen molar-refractivity contribution in [2.75, 3.05) is 6.54 Å². The van der Waals surface area contributed by atoms with E-state index in [-0.39, 0.29) is 5.56 Å². The van der Waals surface area contributed by atoms with E-state index in [4.69, 9.17) is 11.6 Å². The van der Waals surface area contributed by atoms with Crippen molar-refractivity contribution in [2.24, 2.45) is 0 Å². The summed E-state index contributed by atoms with van der Waals surface area (Å²) >= 11 is 6.02. The lowest BCUT2D eigenvalue weighted by Gasteiger charge is -2.22. The second-order valence-electron chi connectivity index (χ2n) is 4.63. The maximum Gasteiger partial charge on any atom is 0.163 e. The van der Waals surface area contributed by atoms with Crippen LogP contribution in [0.3, 0.4) is 0 Å². The molecule has 0 aliphatic heterocycles. The number of hydrogen-bond donors (Lipinski definition) is 1. The Morgan fingerprint density at radius 3 is 2.60 bits per heavy atom. The van der Waals surface area contributed by atoms with E-state index in [1.165, 1.54) is 6.07 Å². The Balaban J connectivity index is 2.56. The van der Waals surface area contributed by atoms with E-state index < -0.39 is 17.7 Å². The van der Waals surface area contributed by atoms with Gasteiger partial charge in [-0.3, -0.25) is 0 Å². The van der Waals surface area contributed by atoms with Crippen molar-refractivity contribution in [3.63, 3.8) is 0 Å². The van der Waals surface area contributed by atoms with E-state index in [1.54, 1.807) is 18.2 Å². The first-order valence-corrected chi connectivity index (χ1v) is 6.85. The summed E-state index contributed by atoms with van der Waals surface area (Å²) in [6, 6.07) is 9.24. The maximum absolute atomic E-state index is 14.0. The third-order valence-electron chi connectivity index (χ3n) is 3.25. The molecule has 0 fully saturated rings. The molecule has 106 valence electrons. The summed E-state index contributed by atoms with van der Waals surface area (Å²) in [4.78, 5) is 0. The summed E-state index contributed by atoms with van der Waals surface area (Å²) in [5, 5.41) is 3.76. The van der Waals surface area contributed by atoms with E-state index in [9.17, 15) is 8.78 Å². The molecule has 1 nitrogen and oxygen atoms in total. The van der Waals surface area contributed by atoms with E-state index >= 15 is 0 Å². The minimum Gasteiger partial charge on any atom is -0.306 e. The van der Waals surface area contributed by atoms with Gasteiger partial charge in [-0.05, 0) is 42.8 Å². The zero-order chi connectivity index (χ0) is 14.7. The average Bonchev–Trinajstić information content (AvgIpc) is 2.43. The summed E-state index contributed by atoms with van der Waals surface area (Å²) in [5.74, 6) is -1.66. The first-order valence-electron chi connectivity index (χ1n) is 6.48. The number of benzene rings is 2. The van der Waals surface area contributed by atoms with Gasteiger partial charge >= 0.3 is 0 Å². The lowest BCUT2D eigenvalue weighted by atomic mass is 9.94. The van der Waals surface area contributed by atoms with Gasteiger partial charge in [0.05, 0.1) is 6.04 Å². The molecule has 1 N–H and O–H groups in total. The standard InChI is InChI=1S/C16H16ClF2N/c1-3-20-16(12-5-4-6-14(18)15(12)19)13-9-11(17)8-7-10(13)2/h4-9,16,20H,3H2,1-2H3. The molecule has 0 amide bonds. The molecule has 0 saturated heterocycles. The van der Waals surface area contributed by atoms with Crippen LogP contribution in [-0.4, -0.2) is 6.54 Å². The fraction of sp³-hybridized carbons (Fsp3) is 0.250. The van der Waals surface area contributed by atoms with Gasteiger partial charge in [0.1, 0.15) is 0 Å². The van der Waals surface area contributed by atoms with Gasteiger partial charge in [-0.2, -0.15) is 0 Å². The average molecular weight is 296 g/mol. The van der Waals surface area contributed by atoms with Crippen LogP contribution in [0.5, 0.6) is 0 Å². The predicted molar refractivity (Wildman–Crippen MR) is 78.1 cm³/mol. The second-order valence-corrected chi connectivity index (χ2v) is 5.07. The van der Waals surface area contributed by atoms with Gasteiger partial charge in [-0.25, -0.2) is 8.78 Å². The van der Waals surface area contributed by atoms with Crippen LogP contribution < -0.4 is 5.32 Å². The zero-order valence-electron chi connectivity index (χ0n) is 11.4. The Kier molecular flexibility index (Phi) is 4.73. The van der Waals surface area contributed by atoms with Crippen LogP contribution in [0.4, 0.5) is 8.78 Å². The van der Waals surface area contributed by atoms with Crippen LogP contribution in [0.15, 0.2) is 36.4 Å². The summed E-state index contributed by atoms with van der Waals surface area (Å²) in [6.45, 7) is 4.48. The smallest absolute Gasteiger partial charge is 0.163 e. The molecule has 0 spiro atoms. The lowest BCUT2D eigenvalue weighted by Crippen LogP contribution is -2.24. The highest BCUT2D eigenvalue weighted by atomic mass is 35.5. The van der Waals surface area contributed by atoms with Gasteiger partial charge in [-0.1, -0.05) is 36.7 Å². The number of rotatable bonds is 4. The molecule has 20 heavy (non-hydrogen) atoms. The summed E-state index contributed by atoms with van der Waals surface area (Å²) in [6.07, 6.45) is 0. The number of halogens is 3. The van der Waals surface area contributed by atoms with E-state index in [0.717, 1.165) is 17.2 Å². The normalized spacial score (nSPS) is 12.4. The Morgan fingerprint density at radius 2 is 1.90 bits per heavy atom. The molecule has 2 aromatic rings. The highest BCUT2D eigenvalue weighted by molar-refractivity contribution is 6.30. The van der Waals surface area contributed by atoms with Crippen LogP contribution in [-0.2, 0) is 0 Å². The Bertz CT molecular complexity index is 611. The molecular formula is C16H16ClF2N. The van der Waals surface area contributed by atoms with Crippen molar-refractivity contribution in [3.05, 3.63) is 69.7 Å². The molecule has 0 aliphatic carbocycles. The second kappa shape index (κ2) is 6.33. The fourth-order valence-corrected chi connectivity index (χ4v) is 2.44. The Labute approximate surface area is 122 Å². The van der Waals surface area contributed by atoms with Crippen LogP contribution in [0.25, 0.3) is 0 Å². The third-order valence-corrected chi connectivity index (χ3v) is 3.49. The predicted octanol–water partition coefficient (Wildman–Crippen LogP) is 4.63. The van der Waals surface area contributed by atoms with Gasteiger partial charge in [-0.15, -0.1) is 0 Å². The van der Waals surface area contributed by atoms with Gasteiger partial charge in [0.15, 0.2) is 11.6 Å². The van der Waals surface area contributed by atoms with Gasteiger partial charge in [0.2, 0.25) is 0 Å². The topological polar surface area (TPSA) is 12.0 Å². The minimum atomic E-state index is -0.843. The quantitative estimate of drug-likeness (QED) is 0.867. The van der Waals surface area contributed by atoms with Crippen molar-refractivity contribution in [2.45, 2.75) is 19.9 Å². The molecule has 1 unspecified atom stereocenters. The van der Waals surface area contributed by atoms with Crippen molar-refractivity contribution < 1.29 is 8.78 Å².